The number of carbonyl (C=O) groups excluding carboxylic acids is 1. The van der Waals surface area contributed by atoms with Crippen molar-refractivity contribution in [1.82, 2.24) is 0 Å². The molecule has 2 aromatic carbocycles. The van der Waals surface area contributed by atoms with Crippen LogP contribution < -0.4 is 28.7 Å². The third-order valence-electron chi connectivity index (χ3n) is 5.00. The second-order valence-electron chi connectivity index (χ2n) is 6.90. The molecule has 0 bridgehead atoms. The van der Waals surface area contributed by atoms with Gasteiger partial charge in [0.2, 0.25) is 5.69 Å². The SMILES string of the molecule is COC(=O)c1ccc2c(c1)[N+](C)=C(/C=C/c1ccc(OC)cc1)C2(C)C.[I-]. The zero-order valence-electron chi connectivity index (χ0n) is 16.2. The molecule has 1 aliphatic heterocycles. The van der Waals surface area contributed by atoms with E-state index < -0.39 is 0 Å². The Balaban J connectivity index is 0.00000261. The van der Waals surface area contributed by atoms with Crippen LogP contribution in [0.2, 0.25) is 0 Å². The fourth-order valence-corrected chi connectivity index (χ4v) is 3.48. The molecule has 0 aromatic heterocycles. The van der Waals surface area contributed by atoms with Gasteiger partial charge in [-0.25, -0.2) is 4.79 Å². The molecule has 1 aliphatic rings. The van der Waals surface area contributed by atoms with E-state index in [1.54, 1.807) is 7.11 Å². The Labute approximate surface area is 177 Å². The number of benzene rings is 2. The van der Waals surface area contributed by atoms with Gasteiger partial charge in [-0.1, -0.05) is 18.2 Å². The summed E-state index contributed by atoms with van der Waals surface area (Å²) in [6, 6.07) is 13.7. The molecule has 3 rings (SSSR count). The molecule has 0 unspecified atom stereocenters. The Hall–Kier alpha value is -2.15. The Bertz CT molecular complexity index is 912. The Morgan fingerprint density at radius 1 is 1.04 bits per heavy atom. The maximum Gasteiger partial charge on any atom is 0.338 e. The van der Waals surface area contributed by atoms with Gasteiger partial charge in [0.05, 0.1) is 25.2 Å². The number of methoxy groups -OCH3 is 2. The van der Waals surface area contributed by atoms with E-state index in [0.29, 0.717) is 5.56 Å². The summed E-state index contributed by atoms with van der Waals surface area (Å²) < 4.78 is 12.2. The molecule has 0 atom stereocenters. The lowest BCUT2D eigenvalue weighted by Crippen LogP contribution is -3.00. The topological polar surface area (TPSA) is 38.5 Å². The maximum atomic E-state index is 11.9. The van der Waals surface area contributed by atoms with Crippen molar-refractivity contribution in [2.24, 2.45) is 0 Å². The number of hydrogen-bond donors (Lipinski definition) is 0. The van der Waals surface area contributed by atoms with Crippen LogP contribution in [0.4, 0.5) is 5.69 Å². The van der Waals surface area contributed by atoms with Gasteiger partial charge in [-0.15, -0.1) is 0 Å². The number of fused-ring (bicyclic) bond motifs is 1. The van der Waals surface area contributed by atoms with Crippen molar-refractivity contribution >= 4 is 23.4 Å². The monoisotopic (exact) mass is 477 g/mol. The van der Waals surface area contributed by atoms with Crippen molar-refractivity contribution in [3.63, 3.8) is 0 Å². The lowest BCUT2D eigenvalue weighted by molar-refractivity contribution is -0.401. The van der Waals surface area contributed by atoms with Gasteiger partial charge in [-0.2, -0.15) is 4.58 Å². The van der Waals surface area contributed by atoms with Crippen LogP contribution in [0.5, 0.6) is 5.75 Å². The summed E-state index contributed by atoms with van der Waals surface area (Å²) in [4.78, 5) is 11.9. The second-order valence-corrected chi connectivity index (χ2v) is 6.90. The van der Waals surface area contributed by atoms with Gasteiger partial charge in [0.15, 0.2) is 5.71 Å². The first-order chi connectivity index (χ1) is 12.4. The highest BCUT2D eigenvalue weighted by molar-refractivity contribution is 6.05. The van der Waals surface area contributed by atoms with Gasteiger partial charge < -0.3 is 33.5 Å². The number of hydrogen-bond acceptors (Lipinski definition) is 3. The fourth-order valence-electron chi connectivity index (χ4n) is 3.48. The number of ether oxygens (including phenoxy) is 2. The average Bonchev–Trinajstić information content (AvgIpc) is 2.85. The summed E-state index contributed by atoms with van der Waals surface area (Å²) in [5.41, 5.74) is 4.92. The van der Waals surface area contributed by atoms with Crippen LogP contribution in [-0.2, 0) is 10.2 Å². The highest BCUT2D eigenvalue weighted by Gasteiger charge is 2.43. The molecule has 142 valence electrons. The number of rotatable bonds is 4. The molecule has 0 aliphatic carbocycles. The van der Waals surface area contributed by atoms with Crippen molar-refractivity contribution in [2.45, 2.75) is 19.3 Å². The standard InChI is InChI=1S/C22H24NO3.HI/c1-22(2)18-12-9-16(21(24)26-5)14-19(18)23(3)20(22)13-8-15-6-10-17(25-4)11-7-15;/h6-14H,1-5H3;1H/q+1;/p-1/b13-8+;. The number of esters is 1. The second kappa shape index (κ2) is 8.25. The number of allylic oxidation sites excluding steroid dienone is 1. The van der Waals surface area contributed by atoms with Crippen LogP contribution in [0.15, 0.2) is 48.5 Å². The number of nitrogens with zero attached hydrogens (tertiary/aromatic N) is 1. The van der Waals surface area contributed by atoms with Crippen molar-refractivity contribution < 1.29 is 42.8 Å². The molecule has 0 N–H and O–H groups in total. The van der Waals surface area contributed by atoms with E-state index in [1.165, 1.54) is 18.4 Å². The highest BCUT2D eigenvalue weighted by atomic mass is 127. The summed E-state index contributed by atoms with van der Waals surface area (Å²) in [7, 11) is 5.09. The van der Waals surface area contributed by atoms with Gasteiger partial charge in [0.25, 0.3) is 0 Å². The van der Waals surface area contributed by atoms with E-state index in [-0.39, 0.29) is 35.4 Å². The summed E-state index contributed by atoms with van der Waals surface area (Å²) >= 11 is 0. The summed E-state index contributed by atoms with van der Waals surface area (Å²) in [5, 5.41) is 0. The van der Waals surface area contributed by atoms with Gasteiger partial charge in [-0.3, -0.25) is 0 Å². The van der Waals surface area contributed by atoms with Crippen LogP contribution in [-0.4, -0.2) is 37.5 Å². The molecule has 1 heterocycles. The number of carbonyl (C=O) groups is 1. The van der Waals surface area contributed by atoms with Crippen LogP contribution in [0.3, 0.4) is 0 Å². The lowest BCUT2D eigenvalue weighted by Gasteiger charge is -2.15. The lowest BCUT2D eigenvalue weighted by atomic mass is 9.81. The van der Waals surface area contributed by atoms with Crippen LogP contribution in [0.1, 0.15) is 35.3 Å². The summed E-state index contributed by atoms with van der Waals surface area (Å²) in [6.45, 7) is 4.39. The molecule has 0 saturated heterocycles. The smallest absolute Gasteiger partial charge is 0.338 e. The van der Waals surface area contributed by atoms with Crippen molar-refractivity contribution in [2.75, 3.05) is 21.3 Å². The maximum absolute atomic E-state index is 11.9. The minimum Gasteiger partial charge on any atom is -1.00 e. The molecule has 0 spiro atoms. The first-order valence-corrected chi connectivity index (χ1v) is 8.54. The first kappa shape index (κ1) is 21.2. The average molecular weight is 477 g/mol. The van der Waals surface area contributed by atoms with E-state index in [1.807, 2.05) is 49.5 Å². The van der Waals surface area contributed by atoms with E-state index in [4.69, 9.17) is 9.47 Å². The van der Waals surface area contributed by atoms with Crippen molar-refractivity contribution in [1.29, 1.82) is 0 Å². The van der Waals surface area contributed by atoms with E-state index in [2.05, 4.69) is 30.6 Å². The minimum absolute atomic E-state index is 0. The van der Waals surface area contributed by atoms with Crippen molar-refractivity contribution in [3.05, 3.63) is 65.2 Å². The molecule has 5 heteroatoms. The van der Waals surface area contributed by atoms with E-state index in [9.17, 15) is 4.79 Å². The van der Waals surface area contributed by atoms with Crippen LogP contribution >= 0.6 is 0 Å². The molecule has 2 aromatic rings. The number of halogens is 1. The first-order valence-electron chi connectivity index (χ1n) is 8.54. The highest BCUT2D eigenvalue weighted by Crippen LogP contribution is 2.40. The van der Waals surface area contributed by atoms with Crippen LogP contribution in [0.25, 0.3) is 6.08 Å². The normalized spacial score (nSPS) is 14.7. The molecule has 0 saturated carbocycles. The van der Waals surface area contributed by atoms with Crippen molar-refractivity contribution in [3.8, 4) is 5.75 Å². The molecule has 0 fully saturated rings. The molecular formula is C22H24INO3. The largest absolute Gasteiger partial charge is 1.00 e. The predicted octanol–water partition coefficient (Wildman–Crippen LogP) is 1.21. The van der Waals surface area contributed by atoms with Crippen LogP contribution in [0, 0.1) is 0 Å². The Morgan fingerprint density at radius 3 is 2.30 bits per heavy atom. The molecule has 0 amide bonds. The van der Waals surface area contributed by atoms with Gasteiger partial charge in [0, 0.05) is 17.7 Å². The van der Waals surface area contributed by atoms with Gasteiger partial charge in [0.1, 0.15) is 12.8 Å². The Kier molecular flexibility index (Phi) is 6.46. The molecular weight excluding hydrogens is 453 g/mol. The molecule has 0 radical (unpaired) electrons. The molecule has 27 heavy (non-hydrogen) atoms. The third-order valence-corrected chi connectivity index (χ3v) is 5.00. The predicted molar refractivity (Wildman–Crippen MR) is 104 cm³/mol. The zero-order chi connectivity index (χ0) is 18.9. The van der Waals surface area contributed by atoms with E-state index >= 15 is 0 Å². The minimum atomic E-state index is -0.318. The summed E-state index contributed by atoms with van der Waals surface area (Å²) in [6.07, 6.45) is 4.24. The van der Waals surface area contributed by atoms with Gasteiger partial charge >= 0.3 is 5.97 Å². The van der Waals surface area contributed by atoms with Gasteiger partial charge in [-0.05, 0) is 43.7 Å². The van der Waals surface area contributed by atoms with E-state index in [0.717, 1.165) is 17.0 Å². The zero-order valence-corrected chi connectivity index (χ0v) is 18.4. The summed E-state index contributed by atoms with van der Waals surface area (Å²) in [5.74, 6) is 0.525. The quantitative estimate of drug-likeness (QED) is 0.378. The Morgan fingerprint density at radius 2 is 1.70 bits per heavy atom. The molecule has 4 nitrogen and oxygen atoms in total. The third kappa shape index (κ3) is 3.93. The fraction of sp³-hybridized carbons (Fsp3) is 0.273.